The van der Waals surface area contributed by atoms with Gasteiger partial charge in [0.25, 0.3) is 0 Å². The molecular weight excluding hydrogens is 226 g/mol. The van der Waals surface area contributed by atoms with Gasteiger partial charge < -0.3 is 16.8 Å². The van der Waals surface area contributed by atoms with E-state index in [2.05, 4.69) is 19.2 Å². The summed E-state index contributed by atoms with van der Waals surface area (Å²) in [6.07, 6.45) is 4.79. The van der Waals surface area contributed by atoms with Gasteiger partial charge in [-0.25, -0.2) is 0 Å². The second kappa shape index (κ2) is 6.53. The lowest BCUT2D eigenvalue weighted by molar-refractivity contribution is -0.128. The standard InChI is InChI=1S/C14H29N3O/c1-10(2)8-14(3,9-15)17-13(18)11-5-4-6-12(16)7-11/h10-12H,4-9,15-16H2,1-3H3,(H,17,18). The van der Waals surface area contributed by atoms with Crippen LogP contribution in [-0.2, 0) is 4.79 Å². The van der Waals surface area contributed by atoms with Crippen LogP contribution in [0.5, 0.6) is 0 Å². The Balaban J connectivity index is 2.55. The van der Waals surface area contributed by atoms with Gasteiger partial charge in [-0.2, -0.15) is 0 Å². The Hall–Kier alpha value is -0.610. The number of hydrogen-bond acceptors (Lipinski definition) is 3. The van der Waals surface area contributed by atoms with Crippen LogP contribution in [0.1, 0.15) is 52.9 Å². The summed E-state index contributed by atoms with van der Waals surface area (Å²) in [7, 11) is 0. The minimum absolute atomic E-state index is 0.0757. The molecule has 0 aromatic carbocycles. The summed E-state index contributed by atoms with van der Waals surface area (Å²) in [4.78, 5) is 12.3. The number of nitrogens with two attached hydrogens (primary N) is 2. The van der Waals surface area contributed by atoms with Gasteiger partial charge in [0.05, 0.1) is 0 Å². The fourth-order valence-electron chi connectivity index (χ4n) is 2.95. The largest absolute Gasteiger partial charge is 0.349 e. The van der Waals surface area contributed by atoms with E-state index in [0.717, 1.165) is 32.1 Å². The molecule has 0 heterocycles. The lowest BCUT2D eigenvalue weighted by atomic mass is 9.84. The zero-order valence-electron chi connectivity index (χ0n) is 12.0. The first-order chi connectivity index (χ1) is 8.36. The monoisotopic (exact) mass is 255 g/mol. The maximum absolute atomic E-state index is 12.3. The van der Waals surface area contributed by atoms with Crippen LogP contribution in [0.3, 0.4) is 0 Å². The molecule has 3 unspecified atom stereocenters. The summed E-state index contributed by atoms with van der Waals surface area (Å²) in [5.41, 5.74) is 11.5. The van der Waals surface area contributed by atoms with E-state index < -0.39 is 0 Å². The Labute approximate surface area is 111 Å². The molecule has 1 saturated carbocycles. The first kappa shape index (κ1) is 15.4. The van der Waals surface area contributed by atoms with Crippen LogP contribution in [0.25, 0.3) is 0 Å². The third kappa shape index (κ3) is 4.58. The summed E-state index contributed by atoms with van der Waals surface area (Å²) >= 11 is 0. The molecule has 5 N–H and O–H groups in total. The Bertz CT molecular complexity index is 280. The fourth-order valence-corrected chi connectivity index (χ4v) is 2.95. The van der Waals surface area contributed by atoms with Crippen molar-refractivity contribution in [2.75, 3.05) is 6.54 Å². The van der Waals surface area contributed by atoms with Gasteiger partial charge in [0.2, 0.25) is 5.91 Å². The molecule has 1 aliphatic carbocycles. The lowest BCUT2D eigenvalue weighted by Crippen LogP contribution is -2.54. The van der Waals surface area contributed by atoms with Crippen molar-refractivity contribution in [3.63, 3.8) is 0 Å². The topological polar surface area (TPSA) is 81.1 Å². The highest BCUT2D eigenvalue weighted by atomic mass is 16.2. The highest BCUT2D eigenvalue weighted by molar-refractivity contribution is 5.79. The number of carbonyl (C=O) groups excluding carboxylic acids is 1. The minimum Gasteiger partial charge on any atom is -0.349 e. The molecular formula is C14H29N3O. The molecule has 18 heavy (non-hydrogen) atoms. The van der Waals surface area contributed by atoms with E-state index in [1.165, 1.54) is 0 Å². The molecule has 1 fully saturated rings. The third-order valence-electron chi connectivity index (χ3n) is 3.82. The third-order valence-corrected chi connectivity index (χ3v) is 3.82. The molecule has 0 spiro atoms. The Morgan fingerprint density at radius 3 is 2.61 bits per heavy atom. The molecule has 1 aliphatic rings. The summed E-state index contributed by atoms with van der Waals surface area (Å²) in [5, 5.41) is 3.15. The summed E-state index contributed by atoms with van der Waals surface area (Å²) in [6, 6.07) is 0.184. The van der Waals surface area contributed by atoms with Gasteiger partial charge in [-0.15, -0.1) is 0 Å². The van der Waals surface area contributed by atoms with Crippen LogP contribution in [0.4, 0.5) is 0 Å². The first-order valence-corrected chi connectivity index (χ1v) is 7.14. The summed E-state index contributed by atoms with van der Waals surface area (Å²) < 4.78 is 0. The molecule has 106 valence electrons. The Kier molecular flexibility index (Phi) is 5.60. The molecule has 3 atom stereocenters. The predicted octanol–water partition coefficient (Wildman–Crippen LogP) is 1.38. The highest BCUT2D eigenvalue weighted by Gasteiger charge is 2.31. The highest BCUT2D eigenvalue weighted by Crippen LogP contribution is 2.24. The average molecular weight is 255 g/mol. The Morgan fingerprint density at radius 1 is 1.44 bits per heavy atom. The molecule has 1 amide bonds. The van der Waals surface area contributed by atoms with Gasteiger partial charge >= 0.3 is 0 Å². The molecule has 0 aromatic rings. The van der Waals surface area contributed by atoms with Gasteiger partial charge in [0.1, 0.15) is 0 Å². The summed E-state index contributed by atoms with van der Waals surface area (Å²) in [5.74, 6) is 0.734. The molecule has 0 radical (unpaired) electrons. The van der Waals surface area contributed by atoms with Gasteiger partial charge in [-0.05, 0) is 38.5 Å². The lowest BCUT2D eigenvalue weighted by Gasteiger charge is -2.34. The fraction of sp³-hybridized carbons (Fsp3) is 0.929. The molecule has 1 rings (SSSR count). The molecule has 4 nitrogen and oxygen atoms in total. The van der Waals surface area contributed by atoms with Crippen LogP contribution in [0, 0.1) is 11.8 Å². The van der Waals surface area contributed by atoms with Crippen LogP contribution < -0.4 is 16.8 Å². The van der Waals surface area contributed by atoms with Gasteiger partial charge in [-0.1, -0.05) is 20.3 Å². The number of hydrogen-bond donors (Lipinski definition) is 3. The average Bonchev–Trinajstić information content (AvgIpc) is 2.27. The number of amides is 1. The molecule has 0 aliphatic heterocycles. The SMILES string of the molecule is CC(C)CC(C)(CN)NC(=O)C1CCCC(N)C1. The minimum atomic E-state index is -0.285. The summed E-state index contributed by atoms with van der Waals surface area (Å²) in [6.45, 7) is 6.82. The van der Waals surface area contributed by atoms with Crippen molar-refractivity contribution in [2.24, 2.45) is 23.3 Å². The van der Waals surface area contributed by atoms with Crippen molar-refractivity contribution in [1.29, 1.82) is 0 Å². The smallest absolute Gasteiger partial charge is 0.223 e. The van der Waals surface area contributed by atoms with Crippen molar-refractivity contribution >= 4 is 5.91 Å². The molecule has 0 saturated heterocycles. The second-order valence-corrected chi connectivity index (χ2v) is 6.48. The van der Waals surface area contributed by atoms with Crippen molar-refractivity contribution in [2.45, 2.75) is 64.5 Å². The quantitative estimate of drug-likeness (QED) is 0.694. The number of rotatable bonds is 5. The van der Waals surface area contributed by atoms with Gasteiger partial charge in [0.15, 0.2) is 0 Å². The second-order valence-electron chi connectivity index (χ2n) is 6.48. The van der Waals surface area contributed by atoms with Crippen molar-refractivity contribution in [1.82, 2.24) is 5.32 Å². The van der Waals surface area contributed by atoms with Crippen LogP contribution in [0.2, 0.25) is 0 Å². The normalized spacial score (nSPS) is 27.9. The van der Waals surface area contributed by atoms with E-state index in [4.69, 9.17) is 11.5 Å². The van der Waals surface area contributed by atoms with E-state index in [1.54, 1.807) is 0 Å². The van der Waals surface area contributed by atoms with Crippen LogP contribution in [0.15, 0.2) is 0 Å². The van der Waals surface area contributed by atoms with Gasteiger partial charge in [0, 0.05) is 24.0 Å². The number of nitrogens with one attached hydrogen (secondary N) is 1. The van der Waals surface area contributed by atoms with Gasteiger partial charge in [-0.3, -0.25) is 4.79 Å². The van der Waals surface area contributed by atoms with E-state index in [-0.39, 0.29) is 23.4 Å². The van der Waals surface area contributed by atoms with E-state index in [1.807, 2.05) is 6.92 Å². The zero-order chi connectivity index (χ0) is 13.8. The van der Waals surface area contributed by atoms with Crippen molar-refractivity contribution < 1.29 is 4.79 Å². The van der Waals surface area contributed by atoms with Crippen molar-refractivity contribution in [3.05, 3.63) is 0 Å². The van der Waals surface area contributed by atoms with E-state index in [9.17, 15) is 4.79 Å². The van der Waals surface area contributed by atoms with E-state index >= 15 is 0 Å². The predicted molar refractivity (Wildman–Crippen MR) is 75.0 cm³/mol. The first-order valence-electron chi connectivity index (χ1n) is 7.14. The van der Waals surface area contributed by atoms with Crippen molar-refractivity contribution in [3.8, 4) is 0 Å². The Morgan fingerprint density at radius 2 is 2.11 bits per heavy atom. The maximum atomic E-state index is 12.3. The van der Waals surface area contributed by atoms with Crippen LogP contribution >= 0.6 is 0 Å². The zero-order valence-corrected chi connectivity index (χ0v) is 12.0. The number of carbonyl (C=O) groups is 1. The molecule has 4 heteroatoms. The van der Waals surface area contributed by atoms with E-state index in [0.29, 0.717) is 12.5 Å². The van der Waals surface area contributed by atoms with Crippen LogP contribution in [-0.4, -0.2) is 24.0 Å². The molecule has 0 bridgehead atoms. The molecule has 0 aromatic heterocycles. The maximum Gasteiger partial charge on any atom is 0.223 e.